The van der Waals surface area contributed by atoms with Crippen molar-refractivity contribution in [2.24, 2.45) is 5.92 Å². The average molecular weight is 237 g/mol. The summed E-state index contributed by atoms with van der Waals surface area (Å²) in [5.41, 5.74) is 0.683. The minimum absolute atomic E-state index is 0.0567. The molecule has 3 heteroatoms. The molecule has 1 rings (SSSR count). The van der Waals surface area contributed by atoms with E-state index in [1.54, 1.807) is 7.11 Å². The molecular weight excluding hydrogens is 214 g/mol. The maximum atomic E-state index is 11.8. The molecule has 0 fully saturated rings. The fourth-order valence-corrected chi connectivity index (χ4v) is 1.56. The zero-order valence-electron chi connectivity index (χ0n) is 11.5. The van der Waals surface area contributed by atoms with Crippen LogP contribution in [-0.4, -0.2) is 23.1 Å². The fourth-order valence-electron chi connectivity index (χ4n) is 1.56. The Morgan fingerprint density at radius 1 is 1.47 bits per heavy atom. The van der Waals surface area contributed by atoms with E-state index in [1.807, 2.05) is 32.3 Å². The Kier molecular flexibility index (Phi) is 4.52. The fraction of sp³-hybridized carbons (Fsp3) is 0.643. The molecule has 3 nitrogen and oxygen atoms in total. The minimum atomic E-state index is -0.119. The molecule has 0 radical (unpaired) electrons. The van der Waals surface area contributed by atoms with Gasteiger partial charge in [-0.1, -0.05) is 13.8 Å². The van der Waals surface area contributed by atoms with Gasteiger partial charge < -0.3 is 9.30 Å². The molecule has 0 aliphatic carbocycles. The Balaban J connectivity index is 2.61. The summed E-state index contributed by atoms with van der Waals surface area (Å²) in [7, 11) is 1.73. The van der Waals surface area contributed by atoms with Gasteiger partial charge in [-0.2, -0.15) is 0 Å². The van der Waals surface area contributed by atoms with Crippen LogP contribution in [0.15, 0.2) is 18.5 Å². The standard InChI is InChI=1S/C14H23NO2/c1-11(2)13(16)12-6-8-15(10-12)9-7-14(3,4)17-5/h6,8,10-11H,7,9H2,1-5H3. The van der Waals surface area contributed by atoms with E-state index in [1.165, 1.54) is 0 Å². The first-order valence-corrected chi connectivity index (χ1v) is 6.11. The van der Waals surface area contributed by atoms with Crippen molar-refractivity contribution < 1.29 is 9.53 Å². The van der Waals surface area contributed by atoms with E-state index >= 15 is 0 Å². The summed E-state index contributed by atoms with van der Waals surface area (Å²) in [6.45, 7) is 8.85. The van der Waals surface area contributed by atoms with Crippen LogP contribution in [0.5, 0.6) is 0 Å². The lowest BCUT2D eigenvalue weighted by atomic mass is 10.0. The van der Waals surface area contributed by atoms with Gasteiger partial charge in [-0.05, 0) is 26.3 Å². The van der Waals surface area contributed by atoms with E-state index in [-0.39, 0.29) is 17.3 Å². The number of carbonyl (C=O) groups is 1. The van der Waals surface area contributed by atoms with Gasteiger partial charge in [0.15, 0.2) is 5.78 Å². The van der Waals surface area contributed by atoms with Gasteiger partial charge in [0.1, 0.15) is 0 Å². The summed E-state index contributed by atoms with van der Waals surface area (Å²) in [4.78, 5) is 11.8. The number of ketones is 1. The normalized spacial score (nSPS) is 12.1. The lowest BCUT2D eigenvalue weighted by Gasteiger charge is -2.22. The highest BCUT2D eigenvalue weighted by Crippen LogP contribution is 2.15. The van der Waals surface area contributed by atoms with Crippen LogP contribution >= 0.6 is 0 Å². The summed E-state index contributed by atoms with van der Waals surface area (Å²) in [5.74, 6) is 0.260. The Morgan fingerprint density at radius 2 is 2.12 bits per heavy atom. The van der Waals surface area contributed by atoms with Crippen molar-refractivity contribution in [2.75, 3.05) is 7.11 Å². The van der Waals surface area contributed by atoms with E-state index in [9.17, 15) is 4.79 Å². The molecule has 0 aromatic carbocycles. The van der Waals surface area contributed by atoms with Crippen LogP contribution < -0.4 is 0 Å². The maximum Gasteiger partial charge on any atom is 0.166 e. The molecule has 0 amide bonds. The second-order valence-electron chi connectivity index (χ2n) is 5.37. The van der Waals surface area contributed by atoms with Crippen LogP contribution in [0.4, 0.5) is 0 Å². The van der Waals surface area contributed by atoms with Crippen LogP contribution in [0.1, 0.15) is 44.5 Å². The third kappa shape index (κ3) is 4.00. The number of ether oxygens (including phenoxy) is 1. The molecular formula is C14H23NO2. The van der Waals surface area contributed by atoms with E-state index in [0.29, 0.717) is 0 Å². The van der Waals surface area contributed by atoms with Gasteiger partial charge >= 0.3 is 0 Å². The van der Waals surface area contributed by atoms with Gasteiger partial charge in [-0.25, -0.2) is 0 Å². The Labute approximate surface area is 104 Å². The Hall–Kier alpha value is -1.09. The highest BCUT2D eigenvalue weighted by atomic mass is 16.5. The Morgan fingerprint density at radius 3 is 2.65 bits per heavy atom. The van der Waals surface area contributed by atoms with E-state index in [4.69, 9.17) is 4.74 Å². The molecule has 0 saturated heterocycles. The zero-order chi connectivity index (χ0) is 13.1. The van der Waals surface area contributed by atoms with Crippen LogP contribution in [0.3, 0.4) is 0 Å². The van der Waals surface area contributed by atoms with Gasteiger partial charge in [-0.3, -0.25) is 4.79 Å². The first kappa shape index (κ1) is 14.0. The highest BCUT2D eigenvalue weighted by molar-refractivity contribution is 5.97. The number of methoxy groups -OCH3 is 1. The van der Waals surface area contributed by atoms with Crippen molar-refractivity contribution in [3.8, 4) is 0 Å². The quantitative estimate of drug-likeness (QED) is 0.712. The number of hydrogen-bond acceptors (Lipinski definition) is 2. The van der Waals surface area contributed by atoms with Crippen LogP contribution in [0.2, 0.25) is 0 Å². The van der Waals surface area contributed by atoms with Crippen molar-refractivity contribution >= 4 is 5.78 Å². The molecule has 96 valence electrons. The van der Waals surface area contributed by atoms with Crippen molar-refractivity contribution in [1.29, 1.82) is 0 Å². The lowest BCUT2D eigenvalue weighted by Crippen LogP contribution is -2.24. The number of hydrogen-bond donors (Lipinski definition) is 0. The third-order valence-corrected chi connectivity index (χ3v) is 3.08. The Bertz CT molecular complexity index is 377. The second-order valence-corrected chi connectivity index (χ2v) is 5.37. The van der Waals surface area contributed by atoms with Crippen molar-refractivity contribution in [2.45, 2.75) is 46.3 Å². The van der Waals surface area contributed by atoms with Crippen molar-refractivity contribution in [3.63, 3.8) is 0 Å². The molecule has 0 aliphatic heterocycles. The average Bonchev–Trinajstić information content (AvgIpc) is 2.74. The molecule has 0 aliphatic rings. The van der Waals surface area contributed by atoms with Gasteiger partial charge in [0.25, 0.3) is 0 Å². The molecule has 1 aromatic rings. The molecule has 0 unspecified atom stereocenters. The summed E-state index contributed by atoms with van der Waals surface area (Å²) < 4.78 is 7.42. The van der Waals surface area contributed by atoms with E-state index < -0.39 is 0 Å². The van der Waals surface area contributed by atoms with Crippen molar-refractivity contribution in [3.05, 3.63) is 24.0 Å². The molecule has 0 bridgehead atoms. The van der Waals surface area contributed by atoms with E-state index in [0.717, 1.165) is 18.5 Å². The van der Waals surface area contributed by atoms with Crippen LogP contribution in [0.25, 0.3) is 0 Å². The predicted octanol–water partition coefficient (Wildman–Crippen LogP) is 3.14. The molecule has 0 saturated carbocycles. The topological polar surface area (TPSA) is 31.2 Å². The predicted molar refractivity (Wildman–Crippen MR) is 69.3 cm³/mol. The first-order chi connectivity index (χ1) is 7.85. The molecule has 1 heterocycles. The second kappa shape index (κ2) is 5.50. The monoisotopic (exact) mass is 237 g/mol. The first-order valence-electron chi connectivity index (χ1n) is 6.11. The SMILES string of the molecule is COC(C)(C)CCn1ccc(C(=O)C(C)C)c1. The molecule has 0 spiro atoms. The maximum absolute atomic E-state index is 11.8. The molecule has 17 heavy (non-hydrogen) atoms. The van der Waals surface area contributed by atoms with Crippen LogP contribution in [0, 0.1) is 5.92 Å². The van der Waals surface area contributed by atoms with Gasteiger partial charge in [-0.15, -0.1) is 0 Å². The summed E-state index contributed by atoms with van der Waals surface area (Å²) >= 11 is 0. The summed E-state index contributed by atoms with van der Waals surface area (Å²) in [5, 5.41) is 0. The molecule has 0 atom stereocenters. The third-order valence-electron chi connectivity index (χ3n) is 3.08. The number of aromatic nitrogens is 1. The lowest BCUT2D eigenvalue weighted by molar-refractivity contribution is 0.0121. The molecule has 1 aromatic heterocycles. The van der Waals surface area contributed by atoms with Gasteiger partial charge in [0.2, 0.25) is 0 Å². The largest absolute Gasteiger partial charge is 0.379 e. The van der Waals surface area contributed by atoms with Gasteiger partial charge in [0, 0.05) is 37.5 Å². The minimum Gasteiger partial charge on any atom is -0.379 e. The number of carbonyl (C=O) groups excluding carboxylic acids is 1. The van der Waals surface area contributed by atoms with E-state index in [2.05, 4.69) is 18.4 Å². The number of Topliss-reactive ketones (excluding diaryl/α,β-unsaturated/α-hetero) is 1. The number of aryl methyl sites for hydroxylation is 1. The van der Waals surface area contributed by atoms with Crippen molar-refractivity contribution in [1.82, 2.24) is 4.57 Å². The summed E-state index contributed by atoms with van der Waals surface area (Å²) in [6, 6.07) is 1.89. The van der Waals surface area contributed by atoms with Gasteiger partial charge in [0.05, 0.1) is 5.60 Å². The molecule has 0 N–H and O–H groups in total. The highest BCUT2D eigenvalue weighted by Gasteiger charge is 2.16. The smallest absolute Gasteiger partial charge is 0.166 e. The number of rotatable bonds is 6. The number of nitrogens with zero attached hydrogens (tertiary/aromatic N) is 1. The van der Waals surface area contributed by atoms with Crippen LogP contribution in [-0.2, 0) is 11.3 Å². The summed E-state index contributed by atoms with van der Waals surface area (Å²) in [6.07, 6.45) is 4.81. The zero-order valence-corrected chi connectivity index (χ0v) is 11.5.